The van der Waals surface area contributed by atoms with Gasteiger partial charge in [-0.25, -0.2) is 12.8 Å². The maximum absolute atomic E-state index is 12.9. The number of benzene rings is 1. The Morgan fingerprint density at radius 2 is 2.00 bits per heavy atom. The number of aryl methyl sites for hydroxylation is 1. The van der Waals surface area contributed by atoms with Crippen molar-refractivity contribution in [3.63, 3.8) is 0 Å². The molecule has 1 amide bonds. The fraction of sp³-hybridized carbons (Fsp3) is 0.286. The Bertz CT molecular complexity index is 768. The largest absolute Gasteiger partial charge is 0.360 e. The van der Waals surface area contributed by atoms with Crippen molar-refractivity contribution in [3.8, 4) is 0 Å². The van der Waals surface area contributed by atoms with E-state index in [9.17, 15) is 17.6 Å². The van der Waals surface area contributed by atoms with Crippen LogP contribution in [-0.2, 0) is 14.6 Å². The predicted molar refractivity (Wildman–Crippen MR) is 78.5 cm³/mol. The van der Waals surface area contributed by atoms with Crippen LogP contribution < -0.4 is 5.32 Å². The molecule has 1 N–H and O–H groups in total. The molecule has 0 spiro atoms. The Morgan fingerprint density at radius 1 is 1.36 bits per heavy atom. The summed E-state index contributed by atoms with van der Waals surface area (Å²) in [5.74, 6) is -1.20. The number of carbonyl (C=O) groups excluding carboxylic acids is 1. The van der Waals surface area contributed by atoms with Crippen LogP contribution in [0.5, 0.6) is 0 Å². The second-order valence-electron chi connectivity index (χ2n) is 4.87. The zero-order valence-corrected chi connectivity index (χ0v) is 12.9. The van der Waals surface area contributed by atoms with Gasteiger partial charge in [0.25, 0.3) is 0 Å². The van der Waals surface area contributed by atoms with E-state index in [2.05, 4.69) is 10.5 Å². The van der Waals surface area contributed by atoms with Gasteiger partial charge in [-0.05, 0) is 31.5 Å². The van der Waals surface area contributed by atoms with Crippen LogP contribution in [-0.4, -0.2) is 25.2 Å². The van der Waals surface area contributed by atoms with E-state index in [4.69, 9.17) is 4.52 Å². The van der Waals surface area contributed by atoms with Gasteiger partial charge in [-0.2, -0.15) is 0 Å². The maximum atomic E-state index is 12.9. The van der Waals surface area contributed by atoms with Gasteiger partial charge in [0.2, 0.25) is 5.91 Å². The molecule has 8 heteroatoms. The van der Waals surface area contributed by atoms with E-state index in [1.54, 1.807) is 6.92 Å². The van der Waals surface area contributed by atoms with E-state index in [1.807, 2.05) is 0 Å². The van der Waals surface area contributed by atoms with Gasteiger partial charge in [0.05, 0.1) is 5.25 Å². The van der Waals surface area contributed by atoms with Crippen molar-refractivity contribution >= 4 is 21.6 Å². The van der Waals surface area contributed by atoms with E-state index in [0.29, 0.717) is 11.3 Å². The Labute approximate surface area is 127 Å². The first kappa shape index (κ1) is 16.2. The van der Waals surface area contributed by atoms with E-state index < -0.39 is 32.6 Å². The first-order valence-corrected chi connectivity index (χ1v) is 8.19. The van der Waals surface area contributed by atoms with E-state index in [-0.39, 0.29) is 5.82 Å². The summed E-state index contributed by atoms with van der Waals surface area (Å²) in [5.41, 5.74) is 0.423. The molecular weight excluding hydrogens is 311 g/mol. The van der Waals surface area contributed by atoms with Gasteiger partial charge >= 0.3 is 0 Å². The summed E-state index contributed by atoms with van der Waals surface area (Å²) in [4.78, 5) is 11.8. The summed E-state index contributed by atoms with van der Waals surface area (Å²) in [7, 11) is -3.73. The standard InChI is InChI=1S/C14H15FN2O4S/c1-9-7-13(17-21-9)16-14(18)8-22(19,20)10(2)11-3-5-12(15)6-4-11/h3-7,10H,8H2,1-2H3,(H,16,17,18). The van der Waals surface area contributed by atoms with Crippen LogP contribution in [0.15, 0.2) is 34.9 Å². The molecule has 0 saturated heterocycles. The Kier molecular flexibility index (Phi) is 4.60. The SMILES string of the molecule is Cc1cc(NC(=O)CS(=O)(=O)C(C)c2ccc(F)cc2)no1. The molecule has 1 heterocycles. The molecule has 1 atom stereocenters. The topological polar surface area (TPSA) is 89.3 Å². The van der Waals surface area contributed by atoms with Crippen molar-refractivity contribution in [2.45, 2.75) is 19.1 Å². The zero-order chi connectivity index (χ0) is 16.3. The lowest BCUT2D eigenvalue weighted by Gasteiger charge is -2.12. The number of hydrogen-bond donors (Lipinski definition) is 1. The van der Waals surface area contributed by atoms with Crippen LogP contribution in [0.1, 0.15) is 23.5 Å². The van der Waals surface area contributed by atoms with Gasteiger partial charge in [0, 0.05) is 6.07 Å². The third-order valence-corrected chi connectivity index (χ3v) is 5.12. The Balaban J connectivity index is 2.06. The van der Waals surface area contributed by atoms with Gasteiger partial charge < -0.3 is 9.84 Å². The lowest BCUT2D eigenvalue weighted by molar-refractivity contribution is -0.113. The molecule has 1 unspecified atom stereocenters. The second kappa shape index (κ2) is 6.27. The molecule has 0 aliphatic rings. The molecule has 2 aromatic rings. The number of halogens is 1. The zero-order valence-electron chi connectivity index (χ0n) is 12.0. The van der Waals surface area contributed by atoms with E-state index >= 15 is 0 Å². The Hall–Kier alpha value is -2.22. The minimum absolute atomic E-state index is 0.159. The lowest BCUT2D eigenvalue weighted by atomic mass is 10.2. The molecule has 118 valence electrons. The molecule has 0 radical (unpaired) electrons. The average molecular weight is 326 g/mol. The number of amides is 1. The molecular formula is C14H15FN2O4S. The minimum atomic E-state index is -3.73. The molecule has 0 saturated carbocycles. The van der Waals surface area contributed by atoms with Gasteiger partial charge in [0.1, 0.15) is 17.3 Å². The van der Waals surface area contributed by atoms with Gasteiger partial charge in [-0.15, -0.1) is 0 Å². The van der Waals surface area contributed by atoms with Gasteiger partial charge in [-0.3, -0.25) is 4.79 Å². The molecule has 0 aliphatic heterocycles. The van der Waals surface area contributed by atoms with Crippen LogP contribution in [0.2, 0.25) is 0 Å². The highest BCUT2D eigenvalue weighted by Crippen LogP contribution is 2.23. The molecule has 1 aromatic heterocycles. The number of nitrogens with one attached hydrogen (secondary N) is 1. The highest BCUT2D eigenvalue weighted by Gasteiger charge is 2.26. The van der Waals surface area contributed by atoms with Crippen molar-refractivity contribution in [1.29, 1.82) is 0 Å². The number of aromatic nitrogens is 1. The third-order valence-electron chi connectivity index (χ3n) is 3.11. The smallest absolute Gasteiger partial charge is 0.240 e. The first-order chi connectivity index (χ1) is 10.3. The second-order valence-corrected chi connectivity index (χ2v) is 7.19. The quantitative estimate of drug-likeness (QED) is 0.910. The van der Waals surface area contributed by atoms with Crippen molar-refractivity contribution in [1.82, 2.24) is 5.16 Å². The summed E-state index contributed by atoms with van der Waals surface area (Å²) < 4.78 is 42.1. The number of hydrogen-bond acceptors (Lipinski definition) is 5. The number of nitrogens with zero attached hydrogens (tertiary/aromatic N) is 1. The number of sulfone groups is 1. The highest BCUT2D eigenvalue weighted by atomic mass is 32.2. The summed E-state index contributed by atoms with van der Waals surface area (Å²) in [6.07, 6.45) is 0. The van der Waals surface area contributed by atoms with Crippen molar-refractivity contribution in [2.24, 2.45) is 0 Å². The number of carbonyl (C=O) groups is 1. The lowest BCUT2D eigenvalue weighted by Crippen LogP contribution is -2.26. The fourth-order valence-corrected chi connectivity index (χ4v) is 3.11. The molecule has 0 bridgehead atoms. The number of rotatable bonds is 5. The van der Waals surface area contributed by atoms with Gasteiger partial charge in [0.15, 0.2) is 15.7 Å². The summed E-state index contributed by atoms with van der Waals surface area (Å²) in [5, 5.41) is 4.99. The van der Waals surface area contributed by atoms with Crippen LogP contribution >= 0.6 is 0 Å². The Morgan fingerprint density at radius 3 is 2.55 bits per heavy atom. The molecule has 2 rings (SSSR count). The molecule has 0 aliphatic carbocycles. The molecule has 1 aromatic carbocycles. The summed E-state index contributed by atoms with van der Waals surface area (Å²) >= 11 is 0. The summed E-state index contributed by atoms with van der Waals surface area (Å²) in [6, 6.07) is 6.61. The van der Waals surface area contributed by atoms with Crippen LogP contribution in [0.25, 0.3) is 0 Å². The highest BCUT2D eigenvalue weighted by molar-refractivity contribution is 7.92. The van der Waals surface area contributed by atoms with Crippen molar-refractivity contribution in [3.05, 3.63) is 47.5 Å². The van der Waals surface area contributed by atoms with Crippen LogP contribution in [0, 0.1) is 12.7 Å². The van der Waals surface area contributed by atoms with E-state index in [1.165, 1.54) is 37.3 Å². The molecule has 6 nitrogen and oxygen atoms in total. The van der Waals surface area contributed by atoms with Crippen molar-refractivity contribution < 1.29 is 22.1 Å². The summed E-state index contributed by atoms with van der Waals surface area (Å²) in [6.45, 7) is 3.10. The molecule has 0 fully saturated rings. The van der Waals surface area contributed by atoms with Gasteiger partial charge in [-0.1, -0.05) is 17.3 Å². The predicted octanol–water partition coefficient (Wildman–Crippen LogP) is 2.24. The monoisotopic (exact) mass is 326 g/mol. The normalized spacial score (nSPS) is 12.9. The average Bonchev–Trinajstić information content (AvgIpc) is 2.83. The van der Waals surface area contributed by atoms with Crippen LogP contribution in [0.4, 0.5) is 10.2 Å². The van der Waals surface area contributed by atoms with Crippen LogP contribution in [0.3, 0.4) is 0 Å². The fourth-order valence-electron chi connectivity index (χ4n) is 1.85. The van der Waals surface area contributed by atoms with E-state index in [0.717, 1.165) is 0 Å². The minimum Gasteiger partial charge on any atom is -0.360 e. The maximum Gasteiger partial charge on any atom is 0.240 e. The van der Waals surface area contributed by atoms with Crippen molar-refractivity contribution in [2.75, 3.05) is 11.1 Å². The first-order valence-electron chi connectivity index (χ1n) is 6.48. The third kappa shape index (κ3) is 3.91. The number of anilines is 1. The molecule has 22 heavy (non-hydrogen) atoms.